The van der Waals surface area contributed by atoms with Gasteiger partial charge in [-0.15, -0.1) is 0 Å². The molecule has 1 aliphatic rings. The molecule has 0 bridgehead atoms. The third-order valence-electron chi connectivity index (χ3n) is 7.27. The maximum atomic E-state index is 13.3. The van der Waals surface area contributed by atoms with Crippen LogP contribution < -0.4 is 10.6 Å². The molecule has 2 N–H and O–H groups in total. The van der Waals surface area contributed by atoms with Crippen molar-refractivity contribution in [3.8, 4) is 16.8 Å². The molecule has 5 aromatic rings. The summed E-state index contributed by atoms with van der Waals surface area (Å²) in [6.07, 6.45) is 7.67. The van der Waals surface area contributed by atoms with Gasteiger partial charge in [0.15, 0.2) is 0 Å². The molecule has 1 saturated heterocycles. The van der Waals surface area contributed by atoms with Crippen LogP contribution in [0, 0.1) is 46.7 Å². The standard InChI is InChI=1S/C32H33N8O2.Sm/c1-32(2,3)29-16-30(40(38-29)24-18-33-21-34-19-24)37-31(41)36-28-11-10-25(26-6-4-5-7-27(26)28)22-8-9-23(35-17-22)20-39-12-14-42-15-13-39;/h4-11,16-19H,12-15,20H2,1-3H3,(H2,36,37,41);/q-1;. The van der Waals surface area contributed by atoms with E-state index in [2.05, 4.69) is 70.8 Å². The second kappa shape index (κ2) is 13.5. The Labute approximate surface area is 283 Å². The average Bonchev–Trinajstić information content (AvgIpc) is 3.43. The normalized spacial score (nSPS) is 13.8. The van der Waals surface area contributed by atoms with Gasteiger partial charge in [0, 0.05) is 95.0 Å². The van der Waals surface area contributed by atoms with Gasteiger partial charge in [0.2, 0.25) is 0 Å². The van der Waals surface area contributed by atoms with E-state index in [1.807, 2.05) is 42.6 Å². The van der Waals surface area contributed by atoms with Crippen molar-refractivity contribution in [3.05, 3.63) is 90.9 Å². The molecule has 6 rings (SSSR count). The number of pyridine rings is 1. The van der Waals surface area contributed by atoms with Gasteiger partial charge >= 0.3 is 6.03 Å². The van der Waals surface area contributed by atoms with E-state index >= 15 is 0 Å². The van der Waals surface area contributed by atoms with Crippen molar-refractivity contribution in [3.63, 3.8) is 0 Å². The molecule has 2 amide bonds. The molecule has 2 aromatic carbocycles. The first-order chi connectivity index (χ1) is 20.3. The molecule has 1 aliphatic heterocycles. The fourth-order valence-corrected chi connectivity index (χ4v) is 4.99. The van der Waals surface area contributed by atoms with Crippen LogP contribution in [0.4, 0.5) is 16.3 Å². The molecule has 1 fully saturated rings. The van der Waals surface area contributed by atoms with Crippen LogP contribution in [0.5, 0.6) is 0 Å². The first-order valence-corrected chi connectivity index (χ1v) is 14.0. The molecule has 0 radical (unpaired) electrons. The molecule has 3 aromatic heterocycles. The van der Waals surface area contributed by atoms with Crippen LogP contribution in [0.15, 0.2) is 73.2 Å². The van der Waals surface area contributed by atoms with E-state index in [-0.39, 0.29) is 51.8 Å². The molecule has 220 valence electrons. The van der Waals surface area contributed by atoms with Gasteiger partial charge in [0.25, 0.3) is 0 Å². The summed E-state index contributed by atoms with van der Waals surface area (Å²) in [6.45, 7) is 10.4. The summed E-state index contributed by atoms with van der Waals surface area (Å²) in [4.78, 5) is 28.4. The number of urea groups is 1. The number of hydrogen-bond acceptors (Lipinski definition) is 7. The Morgan fingerprint density at radius 2 is 1.70 bits per heavy atom. The molecule has 0 aliphatic carbocycles. The van der Waals surface area contributed by atoms with Gasteiger partial charge in [-0.2, -0.15) is 5.10 Å². The van der Waals surface area contributed by atoms with Crippen LogP contribution in [-0.2, 0) is 16.7 Å². The molecular formula is C32H33N8O2Sm-. The molecular weight excluding hydrogens is 679 g/mol. The molecule has 10 nitrogen and oxygen atoms in total. The third-order valence-corrected chi connectivity index (χ3v) is 7.27. The van der Waals surface area contributed by atoms with Crippen molar-refractivity contribution >= 4 is 28.3 Å². The van der Waals surface area contributed by atoms with Crippen molar-refractivity contribution < 1.29 is 49.9 Å². The van der Waals surface area contributed by atoms with Crippen LogP contribution in [0.25, 0.3) is 27.6 Å². The van der Waals surface area contributed by atoms with E-state index < -0.39 is 0 Å². The molecule has 0 unspecified atom stereocenters. The molecule has 11 heteroatoms. The molecule has 0 atom stereocenters. The smallest absolute Gasteiger partial charge is 0.324 e. The van der Waals surface area contributed by atoms with E-state index in [1.54, 1.807) is 17.1 Å². The topological polar surface area (TPSA) is 110 Å². The van der Waals surface area contributed by atoms with Crippen molar-refractivity contribution in [2.24, 2.45) is 0 Å². The summed E-state index contributed by atoms with van der Waals surface area (Å²) in [5, 5.41) is 12.7. The van der Waals surface area contributed by atoms with E-state index in [1.165, 1.54) is 0 Å². The van der Waals surface area contributed by atoms with Gasteiger partial charge in [-0.1, -0.05) is 69.6 Å². The van der Waals surface area contributed by atoms with Gasteiger partial charge in [0.05, 0.1) is 30.3 Å². The zero-order valence-corrected chi connectivity index (χ0v) is 27.0. The number of aromatic nitrogens is 5. The van der Waals surface area contributed by atoms with Gasteiger partial charge in [-0.05, 0) is 28.8 Å². The maximum absolute atomic E-state index is 13.3. The zero-order chi connectivity index (χ0) is 29.1. The SMILES string of the molecule is CC(C)(C)c1cc(NC(=O)Nc2ccc(-c3ccc(CN4CCOCC4)nc3)c3ccccc23)n(-c2cn[c-]nc2)n1.[Sm]. The Kier molecular flexibility index (Phi) is 9.79. The summed E-state index contributed by atoms with van der Waals surface area (Å²) in [5.74, 6) is 0.511. The number of anilines is 2. The number of fused-ring (bicyclic) bond motifs is 1. The summed E-state index contributed by atoms with van der Waals surface area (Å²) in [7, 11) is 0. The monoisotopic (exact) mass is 713 g/mol. The number of hydrogen-bond donors (Lipinski definition) is 2. The van der Waals surface area contributed by atoms with E-state index in [4.69, 9.17) is 14.8 Å². The van der Waals surface area contributed by atoms with Crippen LogP contribution in [0.3, 0.4) is 0 Å². The van der Waals surface area contributed by atoms with Gasteiger partial charge in [-0.25, -0.2) is 9.48 Å². The molecule has 4 heterocycles. The van der Waals surface area contributed by atoms with Gasteiger partial charge < -0.3 is 20.0 Å². The first kappa shape index (κ1) is 31.1. The number of amides is 2. The predicted octanol–water partition coefficient (Wildman–Crippen LogP) is 5.45. The van der Waals surface area contributed by atoms with Crippen molar-refractivity contribution in [1.29, 1.82) is 0 Å². The van der Waals surface area contributed by atoms with Crippen molar-refractivity contribution in [1.82, 2.24) is 29.6 Å². The van der Waals surface area contributed by atoms with Crippen molar-refractivity contribution in [2.45, 2.75) is 32.7 Å². The number of carbonyl (C=O) groups is 1. The summed E-state index contributed by atoms with van der Waals surface area (Å²) in [6, 6.07) is 17.7. The quantitative estimate of drug-likeness (QED) is 0.226. The zero-order valence-electron chi connectivity index (χ0n) is 24.4. The summed E-state index contributed by atoms with van der Waals surface area (Å²) >= 11 is 0. The number of nitrogens with zero attached hydrogens (tertiary/aromatic N) is 6. The Bertz CT molecular complexity index is 1690. The van der Waals surface area contributed by atoms with Crippen LogP contribution in [0.1, 0.15) is 32.2 Å². The number of ether oxygens (including phenoxy) is 1. The number of rotatable bonds is 6. The Morgan fingerprint density at radius 3 is 2.40 bits per heavy atom. The first-order valence-electron chi connectivity index (χ1n) is 14.0. The predicted molar refractivity (Wildman–Crippen MR) is 163 cm³/mol. The minimum absolute atomic E-state index is 0. The largest absolute Gasteiger partial charge is 0.379 e. The summed E-state index contributed by atoms with van der Waals surface area (Å²) < 4.78 is 7.08. The minimum atomic E-state index is -0.382. The fourth-order valence-electron chi connectivity index (χ4n) is 4.99. The Hall–Kier alpha value is -3.33. The van der Waals surface area contributed by atoms with Crippen LogP contribution in [0.2, 0.25) is 0 Å². The second-order valence-corrected chi connectivity index (χ2v) is 11.3. The molecule has 43 heavy (non-hydrogen) atoms. The second-order valence-electron chi connectivity index (χ2n) is 11.3. The molecule has 0 spiro atoms. The van der Waals surface area contributed by atoms with Crippen LogP contribution in [-0.4, -0.2) is 62.0 Å². The van der Waals surface area contributed by atoms with Gasteiger partial charge in [0.1, 0.15) is 5.82 Å². The number of benzene rings is 2. The maximum Gasteiger partial charge on any atom is 0.324 e. The Balaban J connectivity index is 0.00000368. The number of morpholine rings is 1. The van der Waals surface area contributed by atoms with E-state index in [0.29, 0.717) is 17.2 Å². The van der Waals surface area contributed by atoms with Crippen molar-refractivity contribution in [2.75, 3.05) is 36.9 Å². The third kappa shape index (κ3) is 7.25. The Morgan fingerprint density at radius 1 is 0.953 bits per heavy atom. The van der Waals surface area contributed by atoms with E-state index in [0.717, 1.165) is 66.1 Å². The van der Waals surface area contributed by atoms with E-state index in [9.17, 15) is 4.79 Å². The number of nitrogens with one attached hydrogen (secondary N) is 2. The van der Waals surface area contributed by atoms with Gasteiger partial charge in [-0.3, -0.25) is 15.2 Å². The summed E-state index contributed by atoms with van der Waals surface area (Å²) in [5.41, 5.74) is 5.03. The van der Waals surface area contributed by atoms with Crippen LogP contribution >= 0.6 is 0 Å². The number of carbonyl (C=O) groups excluding carboxylic acids is 1. The molecule has 0 saturated carbocycles. The fraction of sp³-hybridized carbons (Fsp3) is 0.281. The average molecular weight is 712 g/mol. The minimum Gasteiger partial charge on any atom is -0.379 e.